The Morgan fingerprint density at radius 1 is 1.21 bits per heavy atom. The summed E-state index contributed by atoms with van der Waals surface area (Å²) in [7, 11) is 0. The number of aromatic nitrogens is 2. The van der Waals surface area contributed by atoms with E-state index in [0.29, 0.717) is 5.95 Å². The Bertz CT molecular complexity index is 277. The Hall–Kier alpha value is -1.16. The molecule has 76 valence electrons. The highest BCUT2D eigenvalue weighted by Gasteiger charge is 2.10. The Kier molecular flexibility index (Phi) is 2.93. The van der Waals surface area contributed by atoms with Gasteiger partial charge >= 0.3 is 0 Å². The van der Waals surface area contributed by atoms with E-state index in [1.54, 1.807) is 0 Å². The number of anilines is 1. The largest absolute Gasteiger partial charge is 0.368 e. The zero-order valence-electron chi connectivity index (χ0n) is 8.32. The fourth-order valence-corrected chi connectivity index (χ4v) is 1.79. The first-order chi connectivity index (χ1) is 6.84. The van der Waals surface area contributed by atoms with Crippen molar-refractivity contribution in [2.45, 2.75) is 19.3 Å². The Morgan fingerprint density at radius 3 is 2.50 bits per heavy atom. The molecule has 2 rings (SSSR count). The van der Waals surface area contributed by atoms with E-state index in [9.17, 15) is 0 Å². The highest BCUT2D eigenvalue weighted by Crippen LogP contribution is 2.08. The lowest BCUT2D eigenvalue weighted by atomic mass is 10.2. The van der Waals surface area contributed by atoms with Crippen molar-refractivity contribution in [2.24, 2.45) is 0 Å². The summed E-state index contributed by atoms with van der Waals surface area (Å²) in [5.41, 5.74) is 6.58. The third-order valence-corrected chi connectivity index (χ3v) is 2.64. The highest BCUT2D eigenvalue weighted by molar-refractivity contribution is 5.17. The summed E-state index contributed by atoms with van der Waals surface area (Å²) in [5, 5.41) is 0. The minimum atomic E-state index is 0.356. The molecule has 1 fully saturated rings. The fraction of sp³-hybridized carbons (Fsp3) is 0.600. The summed E-state index contributed by atoms with van der Waals surface area (Å²) in [6.45, 7) is 3.61. The predicted octanol–water partition coefficient (Wildman–Crippen LogP) is 0.697. The normalized spacial score (nSPS) is 17.4. The molecule has 0 bridgehead atoms. The van der Waals surface area contributed by atoms with Crippen LogP contribution in [0.25, 0.3) is 0 Å². The third-order valence-electron chi connectivity index (χ3n) is 2.64. The van der Waals surface area contributed by atoms with Gasteiger partial charge in [-0.2, -0.15) is 0 Å². The van der Waals surface area contributed by atoms with E-state index in [4.69, 9.17) is 5.73 Å². The topological polar surface area (TPSA) is 55.0 Å². The van der Waals surface area contributed by atoms with Crippen molar-refractivity contribution < 1.29 is 0 Å². The zero-order valence-corrected chi connectivity index (χ0v) is 8.32. The van der Waals surface area contributed by atoms with E-state index in [0.717, 1.165) is 13.0 Å². The van der Waals surface area contributed by atoms with E-state index >= 15 is 0 Å². The molecule has 1 aliphatic heterocycles. The number of nitrogens with zero attached hydrogens (tertiary/aromatic N) is 3. The molecule has 0 spiro atoms. The van der Waals surface area contributed by atoms with Crippen molar-refractivity contribution in [1.29, 1.82) is 0 Å². The van der Waals surface area contributed by atoms with Crippen LogP contribution in [0.15, 0.2) is 12.4 Å². The smallest absolute Gasteiger partial charge is 0.219 e. The van der Waals surface area contributed by atoms with Gasteiger partial charge in [-0.25, -0.2) is 9.97 Å². The summed E-state index contributed by atoms with van der Waals surface area (Å²) in [4.78, 5) is 10.4. The molecule has 2 heterocycles. The second-order valence-electron chi connectivity index (χ2n) is 3.75. The first-order valence-corrected chi connectivity index (χ1v) is 5.13. The Labute approximate surface area is 84.2 Å². The fourth-order valence-electron chi connectivity index (χ4n) is 1.79. The SMILES string of the molecule is Nc1ncc(CCN2CCCC2)cn1. The van der Waals surface area contributed by atoms with Crippen LogP contribution >= 0.6 is 0 Å². The minimum absolute atomic E-state index is 0.356. The zero-order chi connectivity index (χ0) is 9.80. The van der Waals surface area contributed by atoms with Gasteiger partial charge in [0.25, 0.3) is 0 Å². The molecule has 0 saturated carbocycles. The second kappa shape index (κ2) is 4.37. The van der Waals surface area contributed by atoms with Crippen LogP contribution < -0.4 is 5.73 Å². The molecule has 1 aromatic rings. The molecule has 2 N–H and O–H groups in total. The maximum Gasteiger partial charge on any atom is 0.219 e. The van der Waals surface area contributed by atoms with Crippen molar-refractivity contribution in [1.82, 2.24) is 14.9 Å². The monoisotopic (exact) mass is 192 g/mol. The van der Waals surface area contributed by atoms with Gasteiger partial charge in [0, 0.05) is 18.9 Å². The maximum atomic E-state index is 5.41. The highest BCUT2D eigenvalue weighted by atomic mass is 15.1. The van der Waals surface area contributed by atoms with Crippen LogP contribution in [0.5, 0.6) is 0 Å². The van der Waals surface area contributed by atoms with Gasteiger partial charge in [-0.15, -0.1) is 0 Å². The van der Waals surface area contributed by atoms with E-state index in [1.807, 2.05) is 12.4 Å². The third kappa shape index (κ3) is 2.42. The van der Waals surface area contributed by atoms with E-state index < -0.39 is 0 Å². The quantitative estimate of drug-likeness (QED) is 0.765. The van der Waals surface area contributed by atoms with Crippen LogP contribution in [0.2, 0.25) is 0 Å². The standard InChI is InChI=1S/C10H16N4/c11-10-12-7-9(8-13-10)3-6-14-4-1-2-5-14/h7-8H,1-6H2,(H2,11,12,13). The number of nitrogen functional groups attached to an aromatic ring is 1. The lowest BCUT2D eigenvalue weighted by molar-refractivity contribution is 0.343. The van der Waals surface area contributed by atoms with Gasteiger partial charge in [0.2, 0.25) is 5.95 Å². The molecular formula is C10H16N4. The van der Waals surface area contributed by atoms with E-state index in [2.05, 4.69) is 14.9 Å². The van der Waals surface area contributed by atoms with Crippen molar-refractivity contribution in [3.05, 3.63) is 18.0 Å². The molecule has 14 heavy (non-hydrogen) atoms. The average Bonchev–Trinajstić information content (AvgIpc) is 2.70. The first-order valence-electron chi connectivity index (χ1n) is 5.13. The average molecular weight is 192 g/mol. The maximum absolute atomic E-state index is 5.41. The molecule has 0 unspecified atom stereocenters. The van der Waals surface area contributed by atoms with E-state index in [1.165, 1.54) is 31.5 Å². The number of rotatable bonds is 3. The summed E-state index contributed by atoms with van der Waals surface area (Å²) >= 11 is 0. The first kappa shape index (κ1) is 9.40. The van der Waals surface area contributed by atoms with E-state index in [-0.39, 0.29) is 0 Å². The molecule has 4 heteroatoms. The van der Waals surface area contributed by atoms with Gasteiger partial charge in [-0.1, -0.05) is 0 Å². The van der Waals surface area contributed by atoms with Gasteiger partial charge < -0.3 is 10.6 Å². The van der Waals surface area contributed by atoms with Crippen molar-refractivity contribution in [3.8, 4) is 0 Å². The number of hydrogen-bond donors (Lipinski definition) is 1. The molecule has 0 radical (unpaired) electrons. The molecule has 1 aromatic heterocycles. The Morgan fingerprint density at radius 2 is 1.86 bits per heavy atom. The van der Waals surface area contributed by atoms with Crippen LogP contribution in [0.3, 0.4) is 0 Å². The van der Waals surface area contributed by atoms with Crippen LogP contribution in [-0.2, 0) is 6.42 Å². The van der Waals surface area contributed by atoms with Gasteiger partial charge in [-0.3, -0.25) is 0 Å². The minimum Gasteiger partial charge on any atom is -0.368 e. The lowest BCUT2D eigenvalue weighted by Gasteiger charge is -2.13. The molecular weight excluding hydrogens is 176 g/mol. The van der Waals surface area contributed by atoms with Crippen molar-refractivity contribution in [3.63, 3.8) is 0 Å². The summed E-state index contributed by atoms with van der Waals surface area (Å²) < 4.78 is 0. The molecule has 0 atom stereocenters. The molecule has 4 nitrogen and oxygen atoms in total. The summed E-state index contributed by atoms with van der Waals surface area (Å²) in [6, 6.07) is 0. The second-order valence-corrected chi connectivity index (χ2v) is 3.75. The molecule has 0 amide bonds. The van der Waals surface area contributed by atoms with Gasteiger partial charge in [0.1, 0.15) is 0 Å². The summed E-state index contributed by atoms with van der Waals surface area (Å²) in [5.74, 6) is 0.356. The van der Waals surface area contributed by atoms with Gasteiger partial charge in [0.05, 0.1) is 0 Å². The Balaban J connectivity index is 1.82. The molecule has 1 aliphatic rings. The lowest BCUT2D eigenvalue weighted by Crippen LogP contribution is -2.22. The van der Waals surface area contributed by atoms with Gasteiger partial charge in [-0.05, 0) is 37.9 Å². The predicted molar refractivity (Wildman–Crippen MR) is 55.8 cm³/mol. The van der Waals surface area contributed by atoms with Crippen LogP contribution in [-0.4, -0.2) is 34.5 Å². The number of nitrogens with two attached hydrogens (primary N) is 1. The summed E-state index contributed by atoms with van der Waals surface area (Å²) in [6.07, 6.45) is 7.35. The van der Waals surface area contributed by atoms with Crippen molar-refractivity contribution >= 4 is 5.95 Å². The molecule has 0 aliphatic carbocycles. The van der Waals surface area contributed by atoms with Crippen LogP contribution in [0, 0.1) is 0 Å². The molecule has 0 aromatic carbocycles. The van der Waals surface area contributed by atoms with Crippen LogP contribution in [0.1, 0.15) is 18.4 Å². The van der Waals surface area contributed by atoms with Gasteiger partial charge in [0.15, 0.2) is 0 Å². The molecule has 1 saturated heterocycles. The number of likely N-dealkylation sites (tertiary alicyclic amines) is 1. The number of hydrogen-bond acceptors (Lipinski definition) is 4. The van der Waals surface area contributed by atoms with Crippen LogP contribution in [0.4, 0.5) is 5.95 Å². The van der Waals surface area contributed by atoms with Crippen molar-refractivity contribution in [2.75, 3.05) is 25.4 Å².